The zero-order valence-corrected chi connectivity index (χ0v) is 17.5. The number of hydrogen-bond donors (Lipinski definition) is 4. The molecule has 0 bridgehead atoms. The Labute approximate surface area is 179 Å². The molecule has 4 N–H and O–H groups in total. The van der Waals surface area contributed by atoms with Crippen LogP contribution in [0.4, 0.5) is 5.69 Å². The Hall–Kier alpha value is -2.57. The van der Waals surface area contributed by atoms with Crippen LogP contribution in [-0.4, -0.2) is 72.0 Å². The molecule has 168 valence electrons. The quantitative estimate of drug-likeness (QED) is 0.347. The molecule has 1 fully saturated rings. The van der Waals surface area contributed by atoms with Gasteiger partial charge in [0.25, 0.3) is 6.04 Å². The van der Waals surface area contributed by atoms with Gasteiger partial charge < -0.3 is 20.1 Å². The first-order valence-electron chi connectivity index (χ1n) is 9.53. The molecule has 0 amide bonds. The number of benzene rings is 2. The Kier molecular flexibility index (Phi) is 6.92. The lowest BCUT2D eigenvalue weighted by Gasteiger charge is -2.38. The van der Waals surface area contributed by atoms with Gasteiger partial charge in [-0.2, -0.15) is 0 Å². The monoisotopic (exact) mass is 452 g/mol. The van der Waals surface area contributed by atoms with Crippen LogP contribution in [0.3, 0.4) is 0 Å². The second-order valence-electron chi connectivity index (χ2n) is 7.47. The Morgan fingerprint density at radius 2 is 1.81 bits per heavy atom. The van der Waals surface area contributed by atoms with Gasteiger partial charge in [0, 0.05) is 17.0 Å². The van der Waals surface area contributed by atoms with Crippen molar-refractivity contribution in [3.63, 3.8) is 0 Å². The number of nitro groups is 1. The molecule has 0 radical (unpaired) electrons. The summed E-state index contributed by atoms with van der Waals surface area (Å²) < 4.78 is 31.1. The predicted octanol–water partition coefficient (Wildman–Crippen LogP) is 0.394. The Balaban J connectivity index is 1.95. The summed E-state index contributed by atoms with van der Waals surface area (Å²) in [4.78, 5) is 10.9. The van der Waals surface area contributed by atoms with Crippen molar-refractivity contribution in [2.75, 3.05) is 17.6 Å². The number of rotatable bonds is 7. The lowest BCUT2D eigenvalue weighted by atomic mass is 9.87. The van der Waals surface area contributed by atoms with Crippen molar-refractivity contribution in [3.8, 4) is 11.1 Å². The third-order valence-corrected chi connectivity index (χ3v) is 5.76. The fraction of sp³-hybridized carbons (Fsp3) is 0.400. The van der Waals surface area contributed by atoms with Gasteiger partial charge >= 0.3 is 0 Å². The average molecular weight is 452 g/mol. The molecule has 10 nitrogen and oxygen atoms in total. The number of sulfonamides is 1. The van der Waals surface area contributed by atoms with E-state index in [1.807, 2.05) is 0 Å². The lowest BCUT2D eigenvalue weighted by Crippen LogP contribution is -2.61. The van der Waals surface area contributed by atoms with Gasteiger partial charge in [0.05, 0.1) is 12.9 Å². The van der Waals surface area contributed by atoms with Gasteiger partial charge in [-0.25, -0.2) is 8.42 Å². The molecular weight excluding hydrogens is 428 g/mol. The number of anilines is 1. The molecule has 1 heterocycles. The van der Waals surface area contributed by atoms with Gasteiger partial charge in [0.2, 0.25) is 10.0 Å². The van der Waals surface area contributed by atoms with E-state index in [2.05, 4.69) is 4.72 Å². The minimum absolute atomic E-state index is 0.0336. The minimum atomic E-state index is -3.47. The first-order chi connectivity index (χ1) is 14.6. The molecule has 0 aliphatic carbocycles. The summed E-state index contributed by atoms with van der Waals surface area (Å²) >= 11 is 0. The molecule has 0 saturated carbocycles. The summed E-state index contributed by atoms with van der Waals surface area (Å²) in [6, 6.07) is 12.2. The van der Waals surface area contributed by atoms with Gasteiger partial charge in [0.15, 0.2) is 6.10 Å². The van der Waals surface area contributed by atoms with Crippen LogP contribution in [0.25, 0.3) is 11.1 Å². The summed E-state index contributed by atoms with van der Waals surface area (Å²) in [5.74, 6) is 0. The van der Waals surface area contributed by atoms with Crippen molar-refractivity contribution in [1.29, 1.82) is 0 Å². The number of aliphatic hydroxyl groups excluding tert-OH is 3. The molecule has 1 saturated heterocycles. The topological polar surface area (TPSA) is 159 Å². The standard InChI is InChI=1S/C20H24N2O8S/c1-31(28,29)21-14-7-4-6-12(9-14)15-8-3-2-5-13(15)10-16-18(22(26)27)20(25)19(24)17(11-23)30-16/h2-9,16-21,23-25H,10-11H2,1H3/t16-,17+,18-,19-,20+/m0/s1. The second-order valence-corrected chi connectivity index (χ2v) is 9.22. The van der Waals surface area contributed by atoms with E-state index in [4.69, 9.17) is 4.74 Å². The minimum Gasteiger partial charge on any atom is -0.394 e. The molecular formula is C20H24N2O8S. The van der Waals surface area contributed by atoms with E-state index >= 15 is 0 Å². The molecule has 2 aromatic rings. The molecule has 0 aromatic heterocycles. The average Bonchev–Trinajstić information content (AvgIpc) is 2.69. The molecule has 11 heteroatoms. The summed E-state index contributed by atoms with van der Waals surface area (Å²) in [5.41, 5.74) is 2.41. The molecule has 5 atom stereocenters. The largest absolute Gasteiger partial charge is 0.394 e. The molecule has 0 unspecified atom stereocenters. The first-order valence-corrected chi connectivity index (χ1v) is 11.4. The van der Waals surface area contributed by atoms with Gasteiger partial charge in [-0.15, -0.1) is 0 Å². The molecule has 3 rings (SSSR count). The van der Waals surface area contributed by atoms with E-state index in [9.17, 15) is 33.9 Å². The van der Waals surface area contributed by atoms with Crippen molar-refractivity contribution in [2.24, 2.45) is 0 Å². The molecule has 0 spiro atoms. The number of ether oxygens (including phenoxy) is 1. The van der Waals surface area contributed by atoms with E-state index in [1.54, 1.807) is 48.5 Å². The fourth-order valence-electron chi connectivity index (χ4n) is 3.77. The van der Waals surface area contributed by atoms with Crippen LogP contribution >= 0.6 is 0 Å². The highest BCUT2D eigenvalue weighted by molar-refractivity contribution is 7.92. The van der Waals surface area contributed by atoms with Gasteiger partial charge in [0.1, 0.15) is 18.3 Å². The highest BCUT2D eigenvalue weighted by atomic mass is 32.2. The van der Waals surface area contributed by atoms with Crippen molar-refractivity contribution in [1.82, 2.24) is 0 Å². The molecule has 1 aliphatic rings. The van der Waals surface area contributed by atoms with Crippen LogP contribution in [0.2, 0.25) is 0 Å². The van der Waals surface area contributed by atoms with Crippen LogP contribution < -0.4 is 4.72 Å². The molecule has 1 aliphatic heterocycles. The van der Waals surface area contributed by atoms with Crippen LogP contribution in [0.1, 0.15) is 5.56 Å². The first kappa shape index (κ1) is 23.1. The van der Waals surface area contributed by atoms with Gasteiger partial charge in [-0.3, -0.25) is 14.8 Å². The van der Waals surface area contributed by atoms with E-state index in [1.165, 1.54) is 0 Å². The van der Waals surface area contributed by atoms with Crippen molar-refractivity contribution in [2.45, 2.75) is 36.9 Å². The van der Waals surface area contributed by atoms with E-state index in [0.29, 0.717) is 22.4 Å². The fourth-order valence-corrected chi connectivity index (χ4v) is 4.32. The Morgan fingerprint density at radius 1 is 1.10 bits per heavy atom. The zero-order chi connectivity index (χ0) is 22.8. The van der Waals surface area contributed by atoms with Crippen LogP contribution in [0.15, 0.2) is 48.5 Å². The molecule has 2 aromatic carbocycles. The zero-order valence-electron chi connectivity index (χ0n) is 16.7. The Morgan fingerprint density at radius 3 is 2.45 bits per heavy atom. The summed E-state index contributed by atoms with van der Waals surface area (Å²) in [6.07, 6.45) is -4.43. The maximum absolute atomic E-state index is 11.6. The SMILES string of the molecule is CS(=O)(=O)Nc1cccc(-c2ccccc2C[C@@H]2O[C@H](CO)[C@H](O)[C@H](O)[C@H]2[N+](=O)[O-])c1. The smallest absolute Gasteiger partial charge is 0.267 e. The van der Waals surface area contributed by atoms with Crippen molar-refractivity contribution >= 4 is 15.7 Å². The third-order valence-electron chi connectivity index (χ3n) is 5.15. The van der Waals surface area contributed by atoms with Crippen LogP contribution in [0, 0.1) is 10.1 Å². The summed E-state index contributed by atoms with van der Waals surface area (Å²) in [6.45, 7) is -0.597. The van der Waals surface area contributed by atoms with Gasteiger partial charge in [-0.1, -0.05) is 36.4 Å². The highest BCUT2D eigenvalue weighted by Crippen LogP contribution is 2.31. The number of aliphatic hydroxyl groups is 3. The maximum Gasteiger partial charge on any atom is 0.267 e. The third kappa shape index (κ3) is 5.38. The Bertz CT molecular complexity index is 1040. The van der Waals surface area contributed by atoms with E-state index in [-0.39, 0.29) is 6.42 Å². The van der Waals surface area contributed by atoms with Crippen LogP contribution in [-0.2, 0) is 21.2 Å². The second kappa shape index (κ2) is 9.28. The van der Waals surface area contributed by atoms with Gasteiger partial charge in [-0.05, 0) is 28.8 Å². The molecule has 31 heavy (non-hydrogen) atoms. The van der Waals surface area contributed by atoms with Crippen molar-refractivity contribution in [3.05, 3.63) is 64.2 Å². The normalized spacial score (nSPS) is 26.4. The number of nitrogens with one attached hydrogen (secondary N) is 1. The van der Waals surface area contributed by atoms with E-state index < -0.39 is 52.0 Å². The number of hydrogen-bond acceptors (Lipinski definition) is 8. The van der Waals surface area contributed by atoms with E-state index in [0.717, 1.165) is 6.26 Å². The summed E-state index contributed by atoms with van der Waals surface area (Å²) in [7, 11) is -3.47. The highest BCUT2D eigenvalue weighted by Gasteiger charge is 2.51. The maximum atomic E-state index is 11.6. The summed E-state index contributed by atoms with van der Waals surface area (Å²) in [5, 5.41) is 41.2. The van der Waals surface area contributed by atoms with Crippen LogP contribution in [0.5, 0.6) is 0 Å². The predicted molar refractivity (Wildman–Crippen MR) is 113 cm³/mol. The lowest BCUT2D eigenvalue weighted by molar-refractivity contribution is -0.559. The number of nitrogens with zero attached hydrogens (tertiary/aromatic N) is 1. The van der Waals surface area contributed by atoms with Crippen molar-refractivity contribution < 1.29 is 33.4 Å².